The van der Waals surface area contributed by atoms with E-state index in [9.17, 15) is 0 Å². The van der Waals surface area contributed by atoms with E-state index >= 15 is 0 Å². The van der Waals surface area contributed by atoms with E-state index in [1.807, 2.05) is 12.3 Å². The summed E-state index contributed by atoms with van der Waals surface area (Å²) in [7, 11) is 1.68. The second kappa shape index (κ2) is 5.93. The topological polar surface area (TPSA) is 84.0 Å². The number of allylic oxidation sites excluding steroid dienone is 2. The van der Waals surface area contributed by atoms with Gasteiger partial charge in [0.2, 0.25) is 0 Å². The van der Waals surface area contributed by atoms with Crippen molar-refractivity contribution in [3.8, 4) is 0 Å². The molecule has 6 heteroatoms. The lowest BCUT2D eigenvalue weighted by molar-refractivity contribution is 0.266. The first-order valence-electron chi connectivity index (χ1n) is 7.11. The summed E-state index contributed by atoms with van der Waals surface area (Å²) in [6.07, 6.45) is 5.86. The van der Waals surface area contributed by atoms with Crippen LogP contribution in [0.4, 0.5) is 0 Å². The van der Waals surface area contributed by atoms with Gasteiger partial charge in [0.1, 0.15) is 0 Å². The van der Waals surface area contributed by atoms with E-state index in [0.717, 1.165) is 34.0 Å². The maximum atomic E-state index is 5.47. The fraction of sp³-hybridized carbons (Fsp3) is 0.250. The molecule has 2 aliphatic rings. The number of methoxy groups -OCH3 is 1. The molecule has 0 aromatic heterocycles. The average molecular weight is 297 g/mol. The minimum atomic E-state index is -0.213. The van der Waals surface area contributed by atoms with E-state index in [0.29, 0.717) is 0 Å². The Morgan fingerprint density at radius 1 is 1.32 bits per heavy atom. The highest BCUT2D eigenvalue weighted by molar-refractivity contribution is 5.80. The summed E-state index contributed by atoms with van der Waals surface area (Å²) in [6, 6.07) is 6.29. The van der Waals surface area contributed by atoms with Gasteiger partial charge in [-0.3, -0.25) is 0 Å². The number of nitrogens with two attached hydrogens (primary N) is 1. The molecule has 1 atom stereocenters. The number of nitrogens with zero attached hydrogens (tertiary/aromatic N) is 2. The van der Waals surface area contributed by atoms with E-state index in [4.69, 9.17) is 10.6 Å². The second-order valence-electron chi connectivity index (χ2n) is 5.17. The molecule has 0 spiro atoms. The summed E-state index contributed by atoms with van der Waals surface area (Å²) in [5.74, 6) is 5.91. The molecular weight excluding hydrogens is 278 g/mol. The van der Waals surface area contributed by atoms with E-state index in [-0.39, 0.29) is 6.17 Å². The Bertz CT molecular complexity index is 791. The predicted octanol–water partition coefficient (Wildman–Crippen LogP) is 0.325. The van der Waals surface area contributed by atoms with Crippen molar-refractivity contribution in [2.24, 2.45) is 16.2 Å². The molecule has 22 heavy (non-hydrogen) atoms. The van der Waals surface area contributed by atoms with Gasteiger partial charge in [0.15, 0.2) is 12.0 Å². The molecule has 2 aliphatic heterocycles. The first-order chi connectivity index (χ1) is 10.7. The highest BCUT2D eigenvalue weighted by Crippen LogP contribution is 2.26. The lowest BCUT2D eigenvalue weighted by Gasteiger charge is -2.21. The highest BCUT2D eigenvalue weighted by Gasteiger charge is 2.16. The lowest BCUT2D eigenvalue weighted by atomic mass is 9.96. The third-order valence-electron chi connectivity index (χ3n) is 3.81. The zero-order chi connectivity index (χ0) is 15.5. The molecule has 0 aliphatic carbocycles. The second-order valence-corrected chi connectivity index (χ2v) is 5.17. The number of hydrogen-bond acceptors (Lipinski definition) is 5. The van der Waals surface area contributed by atoms with Crippen LogP contribution in [0, 0.1) is 0 Å². The van der Waals surface area contributed by atoms with E-state index in [2.05, 4.69) is 52.2 Å². The minimum absolute atomic E-state index is 0.213. The largest absolute Gasteiger partial charge is 0.482 e. The van der Waals surface area contributed by atoms with Gasteiger partial charge in [-0.15, -0.1) is 5.11 Å². The maximum Gasteiger partial charge on any atom is 0.194 e. The number of hydrogen-bond donors (Lipinski definition) is 3. The smallest absolute Gasteiger partial charge is 0.194 e. The number of rotatable bonds is 3. The molecule has 0 bridgehead atoms. The fourth-order valence-corrected chi connectivity index (χ4v) is 2.74. The van der Waals surface area contributed by atoms with Crippen LogP contribution in [-0.4, -0.2) is 19.8 Å². The van der Waals surface area contributed by atoms with Crippen LogP contribution in [0.2, 0.25) is 0 Å². The number of benzene rings is 1. The maximum absolute atomic E-state index is 5.47. The summed E-state index contributed by atoms with van der Waals surface area (Å²) in [6.45, 7) is 2.89. The summed E-state index contributed by atoms with van der Waals surface area (Å²) < 4.78 is 5.47. The molecule has 0 saturated carbocycles. The molecule has 0 amide bonds. The average Bonchev–Trinajstić information content (AvgIpc) is 2.54. The van der Waals surface area contributed by atoms with Gasteiger partial charge in [-0.25, -0.2) is 0 Å². The molecule has 1 aromatic carbocycles. The fourth-order valence-electron chi connectivity index (χ4n) is 2.74. The number of ether oxygens (including phenoxy) is 1. The quantitative estimate of drug-likeness (QED) is 0.426. The highest BCUT2D eigenvalue weighted by atomic mass is 16.5. The first-order valence-corrected chi connectivity index (χ1v) is 7.11. The van der Waals surface area contributed by atoms with Gasteiger partial charge in [0.25, 0.3) is 0 Å². The molecule has 1 unspecified atom stereocenters. The SMILES string of the molecule is COC1=C(c2ccc3c(c2)=CNC(N=NN)C=3)C(C)=CCN1. The van der Waals surface area contributed by atoms with Gasteiger partial charge < -0.3 is 21.2 Å². The lowest BCUT2D eigenvalue weighted by Crippen LogP contribution is -2.37. The minimum Gasteiger partial charge on any atom is -0.482 e. The Balaban J connectivity index is 2.08. The van der Waals surface area contributed by atoms with Gasteiger partial charge in [-0.05, 0) is 40.6 Å². The van der Waals surface area contributed by atoms with Gasteiger partial charge in [0, 0.05) is 18.3 Å². The molecule has 1 aromatic rings. The Kier molecular flexibility index (Phi) is 3.82. The Hall–Kier alpha value is -2.76. The zero-order valence-corrected chi connectivity index (χ0v) is 12.6. The summed E-state index contributed by atoms with van der Waals surface area (Å²) in [4.78, 5) is 0. The van der Waals surface area contributed by atoms with Crippen LogP contribution >= 0.6 is 0 Å². The number of nitrogens with one attached hydrogen (secondary N) is 2. The van der Waals surface area contributed by atoms with Crippen molar-refractivity contribution in [1.82, 2.24) is 10.6 Å². The molecule has 2 heterocycles. The van der Waals surface area contributed by atoms with Crippen LogP contribution in [0.25, 0.3) is 17.8 Å². The molecular formula is C16H19N5O. The van der Waals surface area contributed by atoms with Crippen molar-refractivity contribution in [3.05, 3.63) is 51.7 Å². The summed E-state index contributed by atoms with van der Waals surface area (Å²) in [5, 5.41) is 15.8. The van der Waals surface area contributed by atoms with Gasteiger partial charge in [-0.2, -0.15) is 0 Å². The molecule has 3 rings (SSSR count). The van der Waals surface area contributed by atoms with Gasteiger partial charge >= 0.3 is 0 Å². The van der Waals surface area contributed by atoms with Crippen LogP contribution < -0.4 is 26.9 Å². The van der Waals surface area contributed by atoms with E-state index in [1.165, 1.54) is 5.57 Å². The first kappa shape index (κ1) is 14.2. The summed E-state index contributed by atoms with van der Waals surface area (Å²) in [5.41, 5.74) is 3.41. The zero-order valence-electron chi connectivity index (χ0n) is 12.6. The molecule has 0 fully saturated rings. The van der Waals surface area contributed by atoms with Crippen molar-refractivity contribution < 1.29 is 4.74 Å². The van der Waals surface area contributed by atoms with E-state index in [1.54, 1.807) is 7.11 Å². The monoisotopic (exact) mass is 297 g/mol. The Morgan fingerprint density at radius 2 is 2.18 bits per heavy atom. The molecule has 0 saturated heterocycles. The summed E-state index contributed by atoms with van der Waals surface area (Å²) >= 11 is 0. The normalized spacial score (nSPS) is 20.3. The van der Waals surface area contributed by atoms with Crippen LogP contribution in [0.5, 0.6) is 0 Å². The van der Waals surface area contributed by atoms with Crippen molar-refractivity contribution in [1.29, 1.82) is 0 Å². The van der Waals surface area contributed by atoms with Crippen molar-refractivity contribution in [3.63, 3.8) is 0 Å². The van der Waals surface area contributed by atoms with Crippen molar-refractivity contribution in [2.45, 2.75) is 13.1 Å². The van der Waals surface area contributed by atoms with Crippen LogP contribution in [0.15, 0.2) is 46.1 Å². The Morgan fingerprint density at radius 3 is 2.95 bits per heavy atom. The number of dihydropyridines is 1. The van der Waals surface area contributed by atoms with Crippen LogP contribution in [0.3, 0.4) is 0 Å². The third-order valence-corrected chi connectivity index (χ3v) is 3.81. The van der Waals surface area contributed by atoms with E-state index < -0.39 is 0 Å². The predicted molar refractivity (Wildman–Crippen MR) is 86.3 cm³/mol. The van der Waals surface area contributed by atoms with Gasteiger partial charge in [-0.1, -0.05) is 23.4 Å². The van der Waals surface area contributed by atoms with Crippen molar-refractivity contribution in [2.75, 3.05) is 13.7 Å². The number of fused-ring (bicyclic) bond motifs is 1. The standard InChI is InChI=1S/C16H19N5O/c1-10-5-6-18-16(22-2)15(10)12-4-3-11-8-14(20-21-17)19-9-13(11)7-12/h3-5,7-9,14,18-19H,6H2,1-2H3,(H2,17,20). The van der Waals surface area contributed by atoms with Crippen LogP contribution in [-0.2, 0) is 4.74 Å². The van der Waals surface area contributed by atoms with Gasteiger partial charge in [0.05, 0.1) is 7.11 Å². The third kappa shape index (κ3) is 2.55. The molecule has 4 N–H and O–H groups in total. The van der Waals surface area contributed by atoms with Crippen LogP contribution in [0.1, 0.15) is 12.5 Å². The molecule has 0 radical (unpaired) electrons. The Labute approximate surface area is 128 Å². The van der Waals surface area contributed by atoms with Crippen molar-refractivity contribution >= 4 is 17.8 Å². The molecule has 114 valence electrons. The molecule has 6 nitrogen and oxygen atoms in total.